The molecule has 0 saturated carbocycles. The molecule has 1 heterocycles. The van der Waals surface area contributed by atoms with Crippen molar-refractivity contribution in [2.45, 2.75) is 6.92 Å². The number of halogens is 1. The molecule has 28 heavy (non-hydrogen) atoms. The molecule has 0 aliphatic rings. The lowest BCUT2D eigenvalue weighted by molar-refractivity contribution is -0.119. The lowest BCUT2D eigenvalue weighted by atomic mass is 9.97. The monoisotopic (exact) mass is 384 g/mol. The van der Waals surface area contributed by atoms with E-state index in [0.717, 1.165) is 10.9 Å². The first-order valence-corrected chi connectivity index (χ1v) is 8.82. The number of benzene rings is 2. The Bertz CT molecular complexity index is 1080. The molecule has 1 aromatic heterocycles. The predicted octanol–water partition coefficient (Wildman–Crippen LogP) is 2.45. The van der Waals surface area contributed by atoms with Crippen LogP contribution in [0.15, 0.2) is 51.7 Å². The van der Waals surface area contributed by atoms with Gasteiger partial charge in [-0.25, -0.2) is 9.18 Å². The second-order valence-electron chi connectivity index (χ2n) is 6.55. The van der Waals surface area contributed by atoms with Gasteiger partial charge in [0.25, 0.3) is 0 Å². The Kier molecular flexibility index (Phi) is 5.75. The maximum atomic E-state index is 13.4. The second kappa shape index (κ2) is 8.22. The Morgan fingerprint density at radius 2 is 1.96 bits per heavy atom. The van der Waals surface area contributed by atoms with Crippen LogP contribution in [0.2, 0.25) is 0 Å². The minimum absolute atomic E-state index is 0.0898. The number of anilines is 1. The number of nitrogens with zero attached hydrogens (tertiary/aromatic N) is 1. The number of aliphatic hydroxyl groups excluding tert-OH is 1. The van der Waals surface area contributed by atoms with Crippen LogP contribution in [0.1, 0.15) is 5.56 Å². The molecule has 3 rings (SSSR count). The maximum absolute atomic E-state index is 13.4. The van der Waals surface area contributed by atoms with Gasteiger partial charge in [0.1, 0.15) is 11.4 Å². The van der Waals surface area contributed by atoms with E-state index in [-0.39, 0.29) is 31.4 Å². The molecule has 1 amide bonds. The van der Waals surface area contributed by atoms with E-state index in [9.17, 15) is 14.0 Å². The summed E-state index contributed by atoms with van der Waals surface area (Å²) < 4.78 is 18.8. The normalized spacial score (nSPS) is 10.9. The van der Waals surface area contributed by atoms with Crippen LogP contribution in [0.4, 0.5) is 10.1 Å². The molecule has 3 aromatic rings. The summed E-state index contributed by atoms with van der Waals surface area (Å²) in [7, 11) is 1.74. The zero-order chi connectivity index (χ0) is 20.3. The predicted molar refractivity (Wildman–Crippen MR) is 106 cm³/mol. The van der Waals surface area contributed by atoms with Crippen LogP contribution >= 0.6 is 0 Å². The SMILES string of the molecule is Cc1cc(F)ccc1-c1cc(=O)oc2cc(N(C)CC(=O)NCCO)ccc12. The molecule has 7 heteroatoms. The number of carbonyl (C=O) groups is 1. The molecule has 6 nitrogen and oxygen atoms in total. The smallest absolute Gasteiger partial charge is 0.336 e. The van der Waals surface area contributed by atoms with E-state index in [2.05, 4.69) is 5.32 Å². The molecule has 2 aromatic carbocycles. The van der Waals surface area contributed by atoms with E-state index in [1.807, 2.05) is 12.1 Å². The van der Waals surface area contributed by atoms with Gasteiger partial charge < -0.3 is 19.7 Å². The number of aryl methyl sites for hydroxylation is 1. The number of aliphatic hydroxyl groups is 1. The summed E-state index contributed by atoms with van der Waals surface area (Å²) in [6, 6.07) is 11.1. The van der Waals surface area contributed by atoms with Crippen molar-refractivity contribution in [3.8, 4) is 11.1 Å². The van der Waals surface area contributed by atoms with Gasteiger partial charge in [0.2, 0.25) is 5.91 Å². The molecule has 0 fully saturated rings. The minimum atomic E-state index is -0.508. The quantitative estimate of drug-likeness (QED) is 0.638. The number of amides is 1. The number of carbonyl (C=O) groups excluding carboxylic acids is 1. The summed E-state index contributed by atoms with van der Waals surface area (Å²) in [6.07, 6.45) is 0. The van der Waals surface area contributed by atoms with Gasteiger partial charge in [-0.3, -0.25) is 4.79 Å². The highest BCUT2D eigenvalue weighted by atomic mass is 19.1. The first-order chi connectivity index (χ1) is 13.4. The van der Waals surface area contributed by atoms with Gasteiger partial charge in [-0.05, 0) is 42.3 Å². The van der Waals surface area contributed by atoms with Crippen molar-refractivity contribution in [1.82, 2.24) is 5.32 Å². The van der Waals surface area contributed by atoms with E-state index in [4.69, 9.17) is 9.52 Å². The van der Waals surface area contributed by atoms with Gasteiger partial charge >= 0.3 is 5.63 Å². The van der Waals surface area contributed by atoms with Crippen LogP contribution in [0.3, 0.4) is 0 Å². The zero-order valence-electron chi connectivity index (χ0n) is 15.7. The lowest BCUT2D eigenvalue weighted by Crippen LogP contribution is -2.36. The third kappa shape index (κ3) is 4.20. The minimum Gasteiger partial charge on any atom is -0.423 e. The third-order valence-corrected chi connectivity index (χ3v) is 4.46. The van der Waals surface area contributed by atoms with E-state index < -0.39 is 5.63 Å². The fraction of sp³-hybridized carbons (Fsp3) is 0.238. The highest BCUT2D eigenvalue weighted by Gasteiger charge is 2.13. The topological polar surface area (TPSA) is 82.8 Å². The summed E-state index contributed by atoms with van der Waals surface area (Å²) in [4.78, 5) is 25.6. The van der Waals surface area contributed by atoms with Gasteiger partial charge in [-0.1, -0.05) is 6.07 Å². The summed E-state index contributed by atoms with van der Waals surface area (Å²) >= 11 is 0. The molecule has 0 radical (unpaired) electrons. The van der Waals surface area contributed by atoms with E-state index >= 15 is 0 Å². The van der Waals surface area contributed by atoms with Crippen molar-refractivity contribution in [2.75, 3.05) is 31.6 Å². The molecule has 2 N–H and O–H groups in total. The highest BCUT2D eigenvalue weighted by molar-refractivity contribution is 5.95. The van der Waals surface area contributed by atoms with Crippen molar-refractivity contribution in [3.63, 3.8) is 0 Å². The Labute approximate surface area is 161 Å². The van der Waals surface area contributed by atoms with Crippen LogP contribution in [0, 0.1) is 12.7 Å². The van der Waals surface area contributed by atoms with Gasteiger partial charge in [0, 0.05) is 42.4 Å². The van der Waals surface area contributed by atoms with Crippen molar-refractivity contribution in [3.05, 3.63) is 64.3 Å². The Hall–Kier alpha value is -3.19. The largest absolute Gasteiger partial charge is 0.423 e. The fourth-order valence-electron chi connectivity index (χ4n) is 3.10. The average molecular weight is 384 g/mol. The number of likely N-dealkylation sites (N-methyl/N-ethyl adjacent to an activating group) is 1. The van der Waals surface area contributed by atoms with Gasteiger partial charge in [0.05, 0.1) is 13.2 Å². The maximum Gasteiger partial charge on any atom is 0.336 e. The van der Waals surface area contributed by atoms with Crippen LogP contribution in [0.5, 0.6) is 0 Å². The van der Waals surface area contributed by atoms with Crippen molar-refractivity contribution in [2.24, 2.45) is 0 Å². The third-order valence-electron chi connectivity index (χ3n) is 4.46. The van der Waals surface area contributed by atoms with Crippen molar-refractivity contribution in [1.29, 1.82) is 0 Å². The molecular weight excluding hydrogens is 363 g/mol. The number of hydrogen-bond donors (Lipinski definition) is 2. The summed E-state index contributed by atoms with van der Waals surface area (Å²) in [6.45, 7) is 1.94. The van der Waals surface area contributed by atoms with Crippen LogP contribution in [-0.2, 0) is 4.79 Å². The Morgan fingerprint density at radius 3 is 2.68 bits per heavy atom. The van der Waals surface area contributed by atoms with Crippen LogP contribution < -0.4 is 15.8 Å². The molecule has 0 atom stereocenters. The second-order valence-corrected chi connectivity index (χ2v) is 6.55. The number of fused-ring (bicyclic) bond motifs is 1. The number of hydrogen-bond acceptors (Lipinski definition) is 5. The first-order valence-electron chi connectivity index (χ1n) is 8.82. The molecule has 0 aliphatic carbocycles. The van der Waals surface area contributed by atoms with Crippen LogP contribution in [-0.4, -0.2) is 37.8 Å². The molecule has 0 bridgehead atoms. The fourth-order valence-corrected chi connectivity index (χ4v) is 3.10. The van der Waals surface area contributed by atoms with Crippen molar-refractivity contribution >= 4 is 22.6 Å². The molecule has 0 aliphatic heterocycles. The molecular formula is C21H21FN2O4. The molecule has 0 saturated heterocycles. The average Bonchev–Trinajstić information content (AvgIpc) is 2.65. The van der Waals surface area contributed by atoms with Crippen molar-refractivity contribution < 1.29 is 18.7 Å². The number of rotatable bonds is 6. The first kappa shape index (κ1) is 19.6. The molecule has 0 spiro atoms. The highest BCUT2D eigenvalue weighted by Crippen LogP contribution is 2.31. The summed E-state index contributed by atoms with van der Waals surface area (Å²) in [5, 5.41) is 12.1. The molecule has 0 unspecified atom stereocenters. The van der Waals surface area contributed by atoms with Crippen LogP contribution in [0.25, 0.3) is 22.1 Å². The van der Waals surface area contributed by atoms with E-state index in [1.165, 1.54) is 18.2 Å². The Morgan fingerprint density at radius 1 is 1.18 bits per heavy atom. The Balaban J connectivity index is 1.99. The van der Waals surface area contributed by atoms with Gasteiger partial charge in [-0.2, -0.15) is 0 Å². The summed E-state index contributed by atoms with van der Waals surface area (Å²) in [5.74, 6) is -0.564. The van der Waals surface area contributed by atoms with Gasteiger partial charge in [-0.15, -0.1) is 0 Å². The standard InChI is InChI=1S/C21H21FN2O4/c1-13-9-14(22)3-5-16(13)18-11-21(27)28-19-10-15(4-6-17(18)19)24(2)12-20(26)23-7-8-25/h3-6,9-11,25H,7-8,12H2,1-2H3,(H,23,26). The summed E-state index contributed by atoms with van der Waals surface area (Å²) in [5.41, 5.74) is 2.71. The van der Waals surface area contributed by atoms with E-state index in [1.54, 1.807) is 31.0 Å². The zero-order valence-corrected chi connectivity index (χ0v) is 15.7. The van der Waals surface area contributed by atoms with Gasteiger partial charge in [0.15, 0.2) is 0 Å². The lowest BCUT2D eigenvalue weighted by Gasteiger charge is -2.19. The number of nitrogens with one attached hydrogen (secondary N) is 1. The van der Waals surface area contributed by atoms with E-state index in [0.29, 0.717) is 22.4 Å². The molecule has 146 valence electrons.